The highest BCUT2D eigenvalue weighted by atomic mass is 16.3. The Kier molecular flexibility index (Phi) is 3.46. The van der Waals surface area contributed by atoms with Crippen molar-refractivity contribution in [3.63, 3.8) is 0 Å². The molecule has 0 radical (unpaired) electrons. The Balaban J connectivity index is 2.64. The number of rotatable bonds is 3. The molecule has 1 aliphatic rings. The van der Waals surface area contributed by atoms with E-state index >= 15 is 0 Å². The van der Waals surface area contributed by atoms with E-state index in [-0.39, 0.29) is 0 Å². The summed E-state index contributed by atoms with van der Waals surface area (Å²) in [6, 6.07) is 0. The molecule has 0 aromatic heterocycles. The van der Waals surface area contributed by atoms with Gasteiger partial charge in [0.2, 0.25) is 0 Å². The molecule has 2 nitrogen and oxygen atoms in total. The number of allylic oxidation sites excluding steroid dienone is 3. The van der Waals surface area contributed by atoms with E-state index in [4.69, 9.17) is 0 Å². The molecule has 0 aliphatic heterocycles. The molecule has 0 saturated heterocycles. The Morgan fingerprint density at radius 3 is 2.85 bits per heavy atom. The lowest BCUT2D eigenvalue weighted by Gasteiger charge is -2.26. The molecule has 2 unspecified atom stereocenters. The molecular weight excluding hydrogens is 164 g/mol. The Morgan fingerprint density at radius 2 is 2.23 bits per heavy atom. The van der Waals surface area contributed by atoms with Gasteiger partial charge in [0.15, 0.2) is 0 Å². The van der Waals surface area contributed by atoms with Gasteiger partial charge < -0.3 is 10.2 Å². The van der Waals surface area contributed by atoms with Crippen LogP contribution < -0.4 is 0 Å². The van der Waals surface area contributed by atoms with Crippen molar-refractivity contribution in [1.82, 2.24) is 0 Å². The monoisotopic (exact) mass is 180 g/mol. The minimum absolute atomic E-state index is 0.828. The normalized spacial score (nSPS) is 33.0. The summed E-state index contributed by atoms with van der Waals surface area (Å²) in [6.07, 6.45) is 11.3. The van der Waals surface area contributed by atoms with Crippen LogP contribution in [-0.2, 0) is 0 Å². The number of unbranched alkanes of at least 4 members (excludes halogenated alkanes) is 1. The van der Waals surface area contributed by atoms with Crippen LogP contribution in [0.5, 0.6) is 0 Å². The van der Waals surface area contributed by atoms with Crippen LogP contribution in [0.1, 0.15) is 19.8 Å². The van der Waals surface area contributed by atoms with Gasteiger partial charge in [-0.1, -0.05) is 43.7 Å². The van der Waals surface area contributed by atoms with Crippen molar-refractivity contribution in [1.29, 1.82) is 0 Å². The molecule has 0 heterocycles. The van der Waals surface area contributed by atoms with E-state index in [0.717, 1.165) is 12.8 Å². The number of hydrogen-bond donors (Lipinski definition) is 2. The highest BCUT2D eigenvalue weighted by Crippen LogP contribution is 2.20. The van der Waals surface area contributed by atoms with Crippen LogP contribution >= 0.6 is 0 Å². The van der Waals surface area contributed by atoms with Crippen molar-refractivity contribution in [2.45, 2.75) is 31.5 Å². The SMILES string of the molecule is CCC/C=C/C1(O)C=CC=CC1O. The molecule has 0 aromatic rings. The van der Waals surface area contributed by atoms with Crippen LogP contribution in [0, 0.1) is 0 Å². The molecule has 1 rings (SSSR count). The van der Waals surface area contributed by atoms with Gasteiger partial charge in [0.05, 0.1) is 0 Å². The van der Waals surface area contributed by atoms with Gasteiger partial charge in [-0.25, -0.2) is 0 Å². The first-order valence-electron chi connectivity index (χ1n) is 4.63. The predicted molar refractivity (Wildman–Crippen MR) is 53.3 cm³/mol. The summed E-state index contributed by atoms with van der Waals surface area (Å²) in [5.41, 5.74) is -1.20. The van der Waals surface area contributed by atoms with E-state index in [1.165, 1.54) is 0 Å². The fourth-order valence-electron chi connectivity index (χ4n) is 1.22. The van der Waals surface area contributed by atoms with Crippen molar-refractivity contribution >= 4 is 0 Å². The predicted octanol–water partition coefficient (Wildman–Crippen LogP) is 1.56. The fourth-order valence-corrected chi connectivity index (χ4v) is 1.22. The molecule has 0 aromatic carbocycles. The zero-order valence-electron chi connectivity index (χ0n) is 7.85. The van der Waals surface area contributed by atoms with Crippen molar-refractivity contribution < 1.29 is 10.2 Å². The number of aliphatic hydroxyl groups is 2. The van der Waals surface area contributed by atoms with Gasteiger partial charge in [0, 0.05) is 0 Å². The highest BCUT2D eigenvalue weighted by molar-refractivity contribution is 5.28. The van der Waals surface area contributed by atoms with Crippen molar-refractivity contribution in [2.24, 2.45) is 0 Å². The maximum absolute atomic E-state index is 9.89. The van der Waals surface area contributed by atoms with Crippen molar-refractivity contribution in [3.05, 3.63) is 36.5 Å². The zero-order valence-corrected chi connectivity index (χ0v) is 7.85. The van der Waals surface area contributed by atoms with Gasteiger partial charge in [-0.15, -0.1) is 0 Å². The van der Waals surface area contributed by atoms with E-state index < -0.39 is 11.7 Å². The molecule has 1 aliphatic carbocycles. The van der Waals surface area contributed by atoms with E-state index in [1.54, 1.807) is 30.4 Å². The first-order chi connectivity index (χ1) is 6.19. The molecule has 0 bridgehead atoms. The van der Waals surface area contributed by atoms with Gasteiger partial charge in [0.25, 0.3) is 0 Å². The summed E-state index contributed by atoms with van der Waals surface area (Å²) in [4.78, 5) is 0. The Labute approximate surface area is 78.9 Å². The van der Waals surface area contributed by atoms with Gasteiger partial charge in [-0.05, 0) is 12.5 Å². The van der Waals surface area contributed by atoms with Gasteiger partial charge >= 0.3 is 0 Å². The van der Waals surface area contributed by atoms with Gasteiger partial charge in [-0.2, -0.15) is 0 Å². The molecule has 2 heteroatoms. The van der Waals surface area contributed by atoms with Crippen LogP contribution in [0.3, 0.4) is 0 Å². The lowest BCUT2D eigenvalue weighted by Crippen LogP contribution is -2.38. The second-order valence-corrected chi connectivity index (χ2v) is 3.27. The van der Waals surface area contributed by atoms with E-state index in [1.807, 2.05) is 6.08 Å². The van der Waals surface area contributed by atoms with E-state index in [0.29, 0.717) is 0 Å². The minimum atomic E-state index is -1.20. The lowest BCUT2D eigenvalue weighted by atomic mass is 9.91. The molecule has 0 fully saturated rings. The molecule has 72 valence electrons. The molecule has 0 spiro atoms. The quantitative estimate of drug-likeness (QED) is 0.647. The average Bonchev–Trinajstić information content (AvgIpc) is 2.11. The molecule has 2 N–H and O–H groups in total. The molecule has 2 atom stereocenters. The molecule has 13 heavy (non-hydrogen) atoms. The summed E-state index contributed by atoms with van der Waals surface area (Å²) in [7, 11) is 0. The Bertz CT molecular complexity index is 240. The minimum Gasteiger partial charge on any atom is -0.385 e. The third kappa shape index (κ3) is 2.54. The van der Waals surface area contributed by atoms with Crippen LogP contribution in [0.4, 0.5) is 0 Å². The van der Waals surface area contributed by atoms with Crippen LogP contribution in [-0.4, -0.2) is 21.9 Å². The van der Waals surface area contributed by atoms with Crippen molar-refractivity contribution in [3.8, 4) is 0 Å². The molecule has 0 amide bonds. The summed E-state index contributed by atoms with van der Waals surface area (Å²) < 4.78 is 0. The number of aliphatic hydroxyl groups excluding tert-OH is 1. The maximum Gasteiger partial charge on any atom is 0.131 e. The topological polar surface area (TPSA) is 40.5 Å². The molecule has 0 saturated carbocycles. The van der Waals surface area contributed by atoms with Crippen LogP contribution in [0.15, 0.2) is 36.5 Å². The fraction of sp³-hybridized carbons (Fsp3) is 0.455. The van der Waals surface area contributed by atoms with Gasteiger partial charge in [0.1, 0.15) is 11.7 Å². The van der Waals surface area contributed by atoms with Crippen molar-refractivity contribution in [2.75, 3.05) is 0 Å². The van der Waals surface area contributed by atoms with E-state index in [2.05, 4.69) is 6.92 Å². The number of hydrogen-bond acceptors (Lipinski definition) is 2. The first kappa shape index (κ1) is 10.2. The molecular formula is C11H16O2. The Morgan fingerprint density at radius 1 is 1.46 bits per heavy atom. The Hall–Kier alpha value is -0.860. The zero-order chi connectivity index (χ0) is 9.73. The lowest BCUT2D eigenvalue weighted by molar-refractivity contribution is 0.0213. The largest absolute Gasteiger partial charge is 0.385 e. The third-order valence-electron chi connectivity index (χ3n) is 2.08. The standard InChI is InChI=1S/C11H16O2/c1-2-3-5-8-11(13)9-6-4-7-10(11)12/h4-10,12-13H,2-3H2,1H3/b8-5+. The average molecular weight is 180 g/mol. The van der Waals surface area contributed by atoms with E-state index in [9.17, 15) is 10.2 Å². The second-order valence-electron chi connectivity index (χ2n) is 3.27. The maximum atomic E-state index is 9.89. The summed E-state index contributed by atoms with van der Waals surface area (Å²) in [5.74, 6) is 0. The summed E-state index contributed by atoms with van der Waals surface area (Å²) in [6.45, 7) is 2.07. The second kappa shape index (κ2) is 4.40. The summed E-state index contributed by atoms with van der Waals surface area (Å²) in [5, 5.41) is 19.4. The van der Waals surface area contributed by atoms with Crippen LogP contribution in [0.25, 0.3) is 0 Å². The van der Waals surface area contributed by atoms with Crippen LogP contribution in [0.2, 0.25) is 0 Å². The smallest absolute Gasteiger partial charge is 0.131 e. The van der Waals surface area contributed by atoms with Gasteiger partial charge in [-0.3, -0.25) is 0 Å². The summed E-state index contributed by atoms with van der Waals surface area (Å²) >= 11 is 0. The highest BCUT2D eigenvalue weighted by Gasteiger charge is 2.29. The first-order valence-corrected chi connectivity index (χ1v) is 4.63. The third-order valence-corrected chi connectivity index (χ3v) is 2.08.